The summed E-state index contributed by atoms with van der Waals surface area (Å²) in [6.07, 6.45) is 0.917. The first kappa shape index (κ1) is 15.7. The molecule has 2 rings (SSSR count). The quantitative estimate of drug-likeness (QED) is 0.845. The van der Waals surface area contributed by atoms with Gasteiger partial charge in [0.1, 0.15) is 0 Å². The summed E-state index contributed by atoms with van der Waals surface area (Å²) >= 11 is 0. The molecule has 1 amide bonds. The Hall–Kier alpha value is -0.650. The molecule has 2 fully saturated rings. The van der Waals surface area contributed by atoms with Gasteiger partial charge in [-0.15, -0.1) is 0 Å². The molecular formula is C15H28N2O3. The van der Waals surface area contributed by atoms with Crippen LogP contribution in [0.1, 0.15) is 41.0 Å². The van der Waals surface area contributed by atoms with Crippen molar-refractivity contribution in [1.29, 1.82) is 0 Å². The highest BCUT2D eigenvalue weighted by Crippen LogP contribution is 2.37. The van der Waals surface area contributed by atoms with Gasteiger partial charge in [-0.25, -0.2) is 0 Å². The van der Waals surface area contributed by atoms with Crippen LogP contribution in [0.4, 0.5) is 0 Å². The normalized spacial score (nSPS) is 30.2. The molecule has 0 saturated carbocycles. The summed E-state index contributed by atoms with van der Waals surface area (Å²) in [5.74, 6) is 0.161. The van der Waals surface area contributed by atoms with Crippen molar-refractivity contribution in [1.82, 2.24) is 10.2 Å². The summed E-state index contributed by atoms with van der Waals surface area (Å²) in [6.45, 7) is 13.0. The van der Waals surface area contributed by atoms with E-state index < -0.39 is 0 Å². The largest absolute Gasteiger partial charge is 0.378 e. The predicted octanol–water partition coefficient (Wildman–Crippen LogP) is 1.17. The van der Waals surface area contributed by atoms with Gasteiger partial charge in [0.15, 0.2) is 0 Å². The Labute approximate surface area is 122 Å². The van der Waals surface area contributed by atoms with Crippen LogP contribution >= 0.6 is 0 Å². The van der Waals surface area contributed by atoms with E-state index in [1.54, 1.807) is 0 Å². The molecule has 0 spiro atoms. The van der Waals surface area contributed by atoms with Crippen LogP contribution in [0.3, 0.4) is 0 Å². The Morgan fingerprint density at radius 2 is 1.85 bits per heavy atom. The van der Waals surface area contributed by atoms with E-state index >= 15 is 0 Å². The van der Waals surface area contributed by atoms with E-state index in [4.69, 9.17) is 9.47 Å². The maximum Gasteiger partial charge on any atom is 0.239 e. The fraction of sp³-hybridized carbons (Fsp3) is 0.933. The summed E-state index contributed by atoms with van der Waals surface area (Å²) in [6, 6.07) is 0.00682. The zero-order valence-corrected chi connectivity index (χ0v) is 13.4. The lowest BCUT2D eigenvalue weighted by molar-refractivity contribution is -0.137. The predicted molar refractivity (Wildman–Crippen MR) is 77.6 cm³/mol. The third-order valence-electron chi connectivity index (χ3n) is 4.22. The summed E-state index contributed by atoms with van der Waals surface area (Å²) in [4.78, 5) is 14.3. The number of carbonyl (C=O) groups excluding carboxylic acids is 1. The molecule has 2 unspecified atom stereocenters. The standard InChI is InChI=1S/C15H28N2O3/c1-11(13(18)17-6-8-19-9-7-17)16-12-10-14(2,3)20-15(12,4)5/h11-12,16H,6-10H2,1-5H3. The van der Waals surface area contributed by atoms with Crippen LogP contribution in [0.2, 0.25) is 0 Å². The number of hydrogen-bond acceptors (Lipinski definition) is 4. The molecule has 1 N–H and O–H groups in total. The number of carbonyl (C=O) groups is 1. The highest BCUT2D eigenvalue weighted by molar-refractivity contribution is 5.81. The second-order valence-electron chi connectivity index (χ2n) is 7.05. The Bertz CT molecular complexity index is 362. The van der Waals surface area contributed by atoms with Crippen molar-refractivity contribution in [3.63, 3.8) is 0 Å². The second kappa shape index (κ2) is 5.62. The van der Waals surface area contributed by atoms with Crippen LogP contribution in [0.15, 0.2) is 0 Å². The van der Waals surface area contributed by atoms with Crippen LogP contribution in [0.25, 0.3) is 0 Å². The molecule has 0 bridgehead atoms. The number of amides is 1. The van der Waals surface area contributed by atoms with E-state index in [0.717, 1.165) is 6.42 Å². The highest BCUT2D eigenvalue weighted by atomic mass is 16.5. The fourth-order valence-electron chi connectivity index (χ4n) is 3.25. The first-order chi connectivity index (χ1) is 9.21. The molecule has 20 heavy (non-hydrogen) atoms. The summed E-state index contributed by atoms with van der Waals surface area (Å²) in [7, 11) is 0. The first-order valence-corrected chi connectivity index (χ1v) is 7.54. The van der Waals surface area contributed by atoms with Gasteiger partial charge >= 0.3 is 0 Å². The average Bonchev–Trinajstić information content (AvgIpc) is 2.57. The minimum atomic E-state index is -0.247. The molecule has 5 heteroatoms. The van der Waals surface area contributed by atoms with Crippen molar-refractivity contribution < 1.29 is 14.3 Å². The van der Waals surface area contributed by atoms with E-state index in [2.05, 4.69) is 33.0 Å². The van der Waals surface area contributed by atoms with Gasteiger partial charge in [0.25, 0.3) is 0 Å². The molecule has 2 saturated heterocycles. The monoisotopic (exact) mass is 284 g/mol. The third-order valence-corrected chi connectivity index (χ3v) is 4.22. The van der Waals surface area contributed by atoms with E-state index in [1.165, 1.54) is 0 Å². The van der Waals surface area contributed by atoms with Gasteiger partial charge in [0, 0.05) is 19.1 Å². The lowest BCUT2D eigenvalue weighted by atomic mass is 9.93. The molecular weight excluding hydrogens is 256 g/mol. The Kier molecular flexibility index (Phi) is 4.42. The lowest BCUT2D eigenvalue weighted by Crippen LogP contribution is -2.54. The van der Waals surface area contributed by atoms with Gasteiger partial charge in [-0.2, -0.15) is 0 Å². The fourth-order valence-corrected chi connectivity index (χ4v) is 3.25. The number of hydrogen-bond donors (Lipinski definition) is 1. The molecule has 2 heterocycles. The number of nitrogens with one attached hydrogen (secondary N) is 1. The van der Waals surface area contributed by atoms with Crippen molar-refractivity contribution in [2.24, 2.45) is 0 Å². The third kappa shape index (κ3) is 3.51. The van der Waals surface area contributed by atoms with Crippen LogP contribution in [0, 0.1) is 0 Å². The van der Waals surface area contributed by atoms with Crippen molar-refractivity contribution >= 4 is 5.91 Å². The molecule has 5 nitrogen and oxygen atoms in total. The van der Waals surface area contributed by atoms with Gasteiger partial charge in [-0.3, -0.25) is 4.79 Å². The zero-order chi connectivity index (χ0) is 15.0. The summed E-state index contributed by atoms with van der Waals surface area (Å²) < 4.78 is 11.4. The number of morpholine rings is 1. The number of rotatable bonds is 3. The summed E-state index contributed by atoms with van der Waals surface area (Å²) in [5, 5.41) is 3.46. The Morgan fingerprint density at radius 3 is 2.35 bits per heavy atom. The van der Waals surface area contributed by atoms with Crippen molar-refractivity contribution in [3.8, 4) is 0 Å². The smallest absolute Gasteiger partial charge is 0.239 e. The minimum Gasteiger partial charge on any atom is -0.378 e. The van der Waals surface area contributed by atoms with Gasteiger partial charge in [-0.05, 0) is 41.0 Å². The van der Waals surface area contributed by atoms with E-state index in [0.29, 0.717) is 26.3 Å². The first-order valence-electron chi connectivity index (χ1n) is 7.54. The highest BCUT2D eigenvalue weighted by Gasteiger charge is 2.46. The van der Waals surface area contributed by atoms with Crippen LogP contribution in [-0.2, 0) is 14.3 Å². The maximum absolute atomic E-state index is 12.4. The van der Waals surface area contributed by atoms with E-state index in [9.17, 15) is 4.79 Å². The molecule has 2 aliphatic rings. The molecule has 2 atom stereocenters. The van der Waals surface area contributed by atoms with Crippen LogP contribution < -0.4 is 5.32 Å². The lowest BCUT2D eigenvalue weighted by Gasteiger charge is -2.33. The summed E-state index contributed by atoms with van der Waals surface area (Å²) in [5.41, 5.74) is -0.383. The van der Waals surface area contributed by atoms with Gasteiger partial charge in [-0.1, -0.05) is 0 Å². The van der Waals surface area contributed by atoms with Gasteiger partial charge < -0.3 is 19.7 Å². The second-order valence-corrected chi connectivity index (χ2v) is 7.05. The number of nitrogens with zero attached hydrogens (tertiary/aromatic N) is 1. The molecule has 2 aliphatic heterocycles. The topological polar surface area (TPSA) is 50.8 Å². The molecule has 0 radical (unpaired) electrons. The van der Waals surface area contributed by atoms with Crippen molar-refractivity contribution in [2.75, 3.05) is 26.3 Å². The Morgan fingerprint density at radius 1 is 1.25 bits per heavy atom. The number of ether oxygens (including phenoxy) is 2. The van der Waals surface area contributed by atoms with E-state index in [-0.39, 0.29) is 29.2 Å². The maximum atomic E-state index is 12.4. The zero-order valence-electron chi connectivity index (χ0n) is 13.4. The molecule has 0 aromatic heterocycles. The average molecular weight is 284 g/mol. The van der Waals surface area contributed by atoms with Crippen LogP contribution in [-0.4, -0.2) is 60.4 Å². The van der Waals surface area contributed by atoms with Crippen molar-refractivity contribution in [2.45, 2.75) is 64.3 Å². The SMILES string of the molecule is CC(NC1CC(C)(C)OC1(C)C)C(=O)N1CCOCC1. The van der Waals surface area contributed by atoms with Gasteiger partial charge in [0.2, 0.25) is 5.91 Å². The van der Waals surface area contributed by atoms with E-state index in [1.807, 2.05) is 11.8 Å². The van der Waals surface area contributed by atoms with Crippen molar-refractivity contribution in [3.05, 3.63) is 0 Å². The molecule has 116 valence electrons. The minimum absolute atomic E-state index is 0.136. The molecule has 0 aromatic rings. The van der Waals surface area contributed by atoms with Gasteiger partial charge in [0.05, 0.1) is 30.5 Å². The molecule has 0 aromatic carbocycles. The van der Waals surface area contributed by atoms with Crippen LogP contribution in [0.5, 0.6) is 0 Å². The molecule has 0 aliphatic carbocycles. The Balaban J connectivity index is 1.93.